The normalized spacial score (nSPS) is 22.1. The average molecular weight is 197 g/mol. The maximum Gasteiger partial charge on any atom is 0.159 e. The number of hydrogen-bond donors (Lipinski definition) is 1. The zero-order valence-electron chi connectivity index (χ0n) is 8.06. The molecule has 2 N–H and O–H groups in total. The van der Waals surface area contributed by atoms with Gasteiger partial charge < -0.3 is 5.73 Å². The first-order valence-electron chi connectivity index (χ1n) is 4.83. The van der Waals surface area contributed by atoms with Crippen LogP contribution in [0.3, 0.4) is 0 Å². The molecule has 0 bridgehead atoms. The van der Waals surface area contributed by atoms with E-state index in [1.165, 1.54) is 12.1 Å². The van der Waals surface area contributed by atoms with Gasteiger partial charge in [0.25, 0.3) is 0 Å². The van der Waals surface area contributed by atoms with Crippen LogP contribution in [0.5, 0.6) is 0 Å². The van der Waals surface area contributed by atoms with Gasteiger partial charge in [-0.1, -0.05) is 0 Å². The molecular weight excluding hydrogens is 184 g/mol. The summed E-state index contributed by atoms with van der Waals surface area (Å²) < 4.78 is 25.9. The lowest BCUT2D eigenvalue weighted by molar-refractivity contribution is 0.503. The molecule has 0 radical (unpaired) electrons. The summed E-state index contributed by atoms with van der Waals surface area (Å²) in [4.78, 5) is 0. The van der Waals surface area contributed by atoms with E-state index >= 15 is 0 Å². The van der Waals surface area contributed by atoms with Crippen molar-refractivity contribution >= 4 is 0 Å². The molecule has 1 aliphatic rings. The Morgan fingerprint density at radius 2 is 2.00 bits per heavy atom. The lowest BCUT2D eigenvalue weighted by Crippen LogP contribution is -2.23. The van der Waals surface area contributed by atoms with Gasteiger partial charge >= 0.3 is 0 Å². The van der Waals surface area contributed by atoms with Crippen LogP contribution in [0.15, 0.2) is 12.1 Å². The quantitative estimate of drug-likeness (QED) is 0.734. The highest BCUT2D eigenvalue weighted by Crippen LogP contribution is 2.35. The van der Waals surface area contributed by atoms with Crippen molar-refractivity contribution in [2.24, 2.45) is 5.73 Å². The molecule has 2 unspecified atom stereocenters. The van der Waals surface area contributed by atoms with E-state index in [4.69, 9.17) is 5.73 Å². The number of nitrogens with two attached hydrogens (primary N) is 1. The highest BCUT2D eigenvalue weighted by Gasteiger charge is 2.26. The van der Waals surface area contributed by atoms with Gasteiger partial charge in [0.15, 0.2) is 11.6 Å². The molecule has 3 heteroatoms. The molecular formula is C11H13F2N. The van der Waals surface area contributed by atoms with E-state index in [-0.39, 0.29) is 12.0 Å². The van der Waals surface area contributed by atoms with Crippen molar-refractivity contribution in [2.75, 3.05) is 0 Å². The Labute approximate surface area is 81.9 Å². The highest BCUT2D eigenvalue weighted by molar-refractivity contribution is 5.37. The third kappa shape index (κ3) is 1.42. The summed E-state index contributed by atoms with van der Waals surface area (Å²) in [6.45, 7) is 1.90. The summed E-state index contributed by atoms with van der Waals surface area (Å²) in [5, 5.41) is 0. The molecule has 0 saturated heterocycles. The van der Waals surface area contributed by atoms with Crippen LogP contribution in [0.4, 0.5) is 8.78 Å². The smallest absolute Gasteiger partial charge is 0.159 e. The van der Waals surface area contributed by atoms with Gasteiger partial charge in [0.05, 0.1) is 0 Å². The van der Waals surface area contributed by atoms with Crippen molar-refractivity contribution < 1.29 is 8.78 Å². The summed E-state index contributed by atoms with van der Waals surface area (Å²) in [5.74, 6) is -1.34. The second kappa shape index (κ2) is 3.31. The summed E-state index contributed by atoms with van der Waals surface area (Å²) >= 11 is 0. The van der Waals surface area contributed by atoms with Crippen molar-refractivity contribution in [3.05, 3.63) is 34.9 Å². The standard InChI is InChI=1S/C11H13F2N/c1-6(14)8-3-2-7-4-10(12)11(13)5-9(7)8/h4-6,8H,2-3,14H2,1H3. The lowest BCUT2D eigenvalue weighted by Gasteiger charge is -2.15. The number of halogens is 2. The minimum Gasteiger partial charge on any atom is -0.327 e. The molecule has 0 amide bonds. The lowest BCUT2D eigenvalue weighted by atomic mass is 9.95. The third-order valence-electron chi connectivity index (χ3n) is 2.94. The van der Waals surface area contributed by atoms with E-state index in [0.717, 1.165) is 24.0 Å². The van der Waals surface area contributed by atoms with Crippen LogP contribution < -0.4 is 5.73 Å². The van der Waals surface area contributed by atoms with Gasteiger partial charge in [-0.2, -0.15) is 0 Å². The predicted molar refractivity (Wildman–Crippen MR) is 51.1 cm³/mol. The van der Waals surface area contributed by atoms with Crippen LogP contribution in [0, 0.1) is 11.6 Å². The Kier molecular flexibility index (Phi) is 2.27. The fourth-order valence-electron chi connectivity index (χ4n) is 2.18. The summed E-state index contributed by atoms with van der Waals surface area (Å²) in [7, 11) is 0. The molecule has 1 nitrogen and oxygen atoms in total. The zero-order valence-corrected chi connectivity index (χ0v) is 8.06. The van der Waals surface area contributed by atoms with Crippen molar-refractivity contribution in [3.63, 3.8) is 0 Å². The molecule has 1 aromatic carbocycles. The van der Waals surface area contributed by atoms with Crippen molar-refractivity contribution in [1.29, 1.82) is 0 Å². The number of rotatable bonds is 1. The molecule has 0 aromatic heterocycles. The highest BCUT2D eigenvalue weighted by atomic mass is 19.2. The van der Waals surface area contributed by atoms with Gasteiger partial charge in [0, 0.05) is 6.04 Å². The number of benzene rings is 1. The van der Waals surface area contributed by atoms with Gasteiger partial charge in [-0.3, -0.25) is 0 Å². The molecule has 0 fully saturated rings. The summed E-state index contributed by atoms with van der Waals surface area (Å²) in [6, 6.07) is 2.60. The first-order valence-corrected chi connectivity index (χ1v) is 4.83. The largest absolute Gasteiger partial charge is 0.327 e. The Morgan fingerprint density at radius 1 is 1.36 bits per heavy atom. The Hall–Kier alpha value is -0.960. The first-order chi connectivity index (χ1) is 6.59. The molecule has 0 aliphatic heterocycles. The third-order valence-corrected chi connectivity index (χ3v) is 2.94. The van der Waals surface area contributed by atoms with E-state index in [0.29, 0.717) is 0 Å². The van der Waals surface area contributed by atoms with Gasteiger partial charge in [-0.25, -0.2) is 8.78 Å². The van der Waals surface area contributed by atoms with Gasteiger partial charge in [-0.15, -0.1) is 0 Å². The summed E-state index contributed by atoms with van der Waals surface area (Å²) in [6.07, 6.45) is 1.70. The van der Waals surface area contributed by atoms with Crippen molar-refractivity contribution in [3.8, 4) is 0 Å². The minimum absolute atomic E-state index is 0.00103. The van der Waals surface area contributed by atoms with Crippen molar-refractivity contribution in [2.45, 2.75) is 31.7 Å². The first kappa shape index (κ1) is 9.59. The maximum absolute atomic E-state index is 13.0. The van der Waals surface area contributed by atoms with Crippen LogP contribution >= 0.6 is 0 Å². The Morgan fingerprint density at radius 3 is 2.64 bits per heavy atom. The molecule has 0 saturated carbocycles. The SMILES string of the molecule is CC(N)C1CCc2cc(F)c(F)cc21. The average Bonchev–Trinajstić information content (AvgIpc) is 2.48. The van der Waals surface area contributed by atoms with Crippen LogP contribution in [-0.2, 0) is 6.42 Å². The fourth-order valence-corrected chi connectivity index (χ4v) is 2.18. The fraction of sp³-hybridized carbons (Fsp3) is 0.455. The molecule has 14 heavy (non-hydrogen) atoms. The molecule has 2 rings (SSSR count). The number of hydrogen-bond acceptors (Lipinski definition) is 1. The van der Waals surface area contributed by atoms with E-state index in [1.807, 2.05) is 6.92 Å². The van der Waals surface area contributed by atoms with Gasteiger partial charge in [0.2, 0.25) is 0 Å². The van der Waals surface area contributed by atoms with Crippen LogP contribution in [0.25, 0.3) is 0 Å². The monoisotopic (exact) mass is 197 g/mol. The number of aryl methyl sites for hydroxylation is 1. The predicted octanol–water partition coefficient (Wildman–Crippen LogP) is 2.34. The molecule has 0 heterocycles. The van der Waals surface area contributed by atoms with E-state index in [2.05, 4.69) is 0 Å². The van der Waals surface area contributed by atoms with E-state index in [9.17, 15) is 8.78 Å². The van der Waals surface area contributed by atoms with E-state index in [1.54, 1.807) is 0 Å². The van der Waals surface area contributed by atoms with Crippen molar-refractivity contribution in [1.82, 2.24) is 0 Å². The minimum atomic E-state index is -0.767. The second-order valence-corrected chi connectivity index (χ2v) is 3.97. The van der Waals surface area contributed by atoms with Crippen LogP contribution in [0.1, 0.15) is 30.4 Å². The molecule has 76 valence electrons. The van der Waals surface area contributed by atoms with Gasteiger partial charge in [0.1, 0.15) is 0 Å². The Bertz CT molecular complexity index is 361. The summed E-state index contributed by atoms with van der Waals surface area (Å²) in [5.41, 5.74) is 7.58. The molecule has 1 aliphatic carbocycles. The molecule has 0 spiro atoms. The Balaban J connectivity index is 2.45. The second-order valence-electron chi connectivity index (χ2n) is 3.97. The van der Waals surface area contributed by atoms with Crippen LogP contribution in [-0.4, -0.2) is 6.04 Å². The number of fused-ring (bicyclic) bond motifs is 1. The topological polar surface area (TPSA) is 26.0 Å². The maximum atomic E-state index is 13.0. The zero-order chi connectivity index (χ0) is 10.3. The van der Waals surface area contributed by atoms with Gasteiger partial charge in [-0.05, 0) is 48.9 Å². The van der Waals surface area contributed by atoms with E-state index < -0.39 is 11.6 Å². The molecule has 1 aromatic rings. The van der Waals surface area contributed by atoms with Crippen LogP contribution in [0.2, 0.25) is 0 Å². The molecule has 2 atom stereocenters.